The summed E-state index contributed by atoms with van der Waals surface area (Å²) in [6.07, 6.45) is 1.76. The normalized spacial score (nSPS) is 41.1. The van der Waals surface area contributed by atoms with Crippen molar-refractivity contribution in [2.45, 2.75) is 38.9 Å². The summed E-state index contributed by atoms with van der Waals surface area (Å²) in [4.78, 5) is 11.6. The molecule has 0 spiro atoms. The zero-order valence-electron chi connectivity index (χ0n) is 10.9. The molecule has 3 rings (SSSR count). The molecule has 1 N–H and O–H groups in total. The average Bonchev–Trinajstić information content (AvgIpc) is 2.93. The Balaban J connectivity index is 1.73. The van der Waals surface area contributed by atoms with Gasteiger partial charge in [-0.05, 0) is 12.8 Å². The van der Waals surface area contributed by atoms with E-state index in [0.29, 0.717) is 17.6 Å². The van der Waals surface area contributed by atoms with Crippen molar-refractivity contribution in [2.75, 3.05) is 6.61 Å². The van der Waals surface area contributed by atoms with Gasteiger partial charge >= 0.3 is 5.97 Å². The lowest BCUT2D eigenvalue weighted by atomic mass is 9.87. The van der Waals surface area contributed by atoms with Gasteiger partial charge in [0.15, 0.2) is 0 Å². The topological polar surface area (TPSA) is 55.8 Å². The van der Waals surface area contributed by atoms with Crippen molar-refractivity contribution in [3.8, 4) is 0 Å². The monoisotopic (exact) mass is 252 g/mol. The predicted molar refractivity (Wildman–Crippen MR) is 64.5 cm³/mol. The average molecular weight is 252 g/mol. The molecule has 0 radical (unpaired) electrons. The molecule has 4 unspecified atom stereocenters. The standard InChI is InChI=1S/C14H20O4/c1-7(14(2,3)6-15)17-11-8-4-9-10(5-8)13(16)18-12(9)11/h8-12,15H,1,4-6H2,2-3H3/t8-,9?,10?,11?,12?/m0/s1. The molecule has 1 saturated heterocycles. The molecule has 1 aliphatic heterocycles. The van der Waals surface area contributed by atoms with Crippen LogP contribution in [0.3, 0.4) is 0 Å². The number of fused-ring (bicyclic) bond motifs is 1. The summed E-state index contributed by atoms with van der Waals surface area (Å²) in [6, 6.07) is 0. The summed E-state index contributed by atoms with van der Waals surface area (Å²) in [7, 11) is 0. The van der Waals surface area contributed by atoms with E-state index < -0.39 is 5.41 Å². The smallest absolute Gasteiger partial charge is 0.309 e. The molecule has 18 heavy (non-hydrogen) atoms. The summed E-state index contributed by atoms with van der Waals surface area (Å²) in [5, 5.41) is 9.32. The van der Waals surface area contributed by atoms with Gasteiger partial charge < -0.3 is 14.6 Å². The number of rotatable bonds is 4. The first-order valence-electron chi connectivity index (χ1n) is 6.61. The highest BCUT2D eigenvalue weighted by Gasteiger charge is 2.63. The number of ether oxygens (including phenoxy) is 2. The third-order valence-corrected chi connectivity index (χ3v) is 4.84. The van der Waals surface area contributed by atoms with Gasteiger partial charge in [-0.25, -0.2) is 0 Å². The van der Waals surface area contributed by atoms with E-state index in [2.05, 4.69) is 6.58 Å². The van der Waals surface area contributed by atoms with Gasteiger partial charge in [-0.15, -0.1) is 0 Å². The minimum absolute atomic E-state index is 0.000270. The first-order chi connectivity index (χ1) is 8.44. The summed E-state index contributed by atoms with van der Waals surface area (Å²) < 4.78 is 11.4. The minimum atomic E-state index is -0.455. The predicted octanol–water partition coefficient (Wildman–Crippen LogP) is 1.49. The van der Waals surface area contributed by atoms with Crippen LogP contribution >= 0.6 is 0 Å². The van der Waals surface area contributed by atoms with Crippen LogP contribution in [-0.2, 0) is 14.3 Å². The molecule has 2 bridgehead atoms. The fourth-order valence-electron chi connectivity index (χ4n) is 3.48. The minimum Gasteiger partial charge on any atom is -0.491 e. The first kappa shape index (κ1) is 12.0. The fraction of sp³-hybridized carbons (Fsp3) is 0.786. The molecule has 0 aromatic heterocycles. The van der Waals surface area contributed by atoms with Crippen molar-refractivity contribution in [2.24, 2.45) is 23.2 Å². The Morgan fingerprint density at radius 1 is 1.56 bits per heavy atom. The molecule has 4 heteroatoms. The van der Waals surface area contributed by atoms with Crippen LogP contribution in [-0.4, -0.2) is 29.9 Å². The van der Waals surface area contributed by atoms with Crippen LogP contribution in [0.15, 0.2) is 12.3 Å². The number of aliphatic hydroxyl groups is 1. The highest BCUT2D eigenvalue weighted by atomic mass is 16.6. The third-order valence-electron chi connectivity index (χ3n) is 4.84. The molecule has 2 aliphatic carbocycles. The van der Waals surface area contributed by atoms with Crippen LogP contribution in [0.1, 0.15) is 26.7 Å². The quantitative estimate of drug-likeness (QED) is 0.608. The highest BCUT2D eigenvalue weighted by Crippen LogP contribution is 2.56. The Labute approximate surface area is 107 Å². The van der Waals surface area contributed by atoms with Crippen molar-refractivity contribution in [1.82, 2.24) is 0 Å². The van der Waals surface area contributed by atoms with Gasteiger partial charge in [0.25, 0.3) is 0 Å². The maximum Gasteiger partial charge on any atom is 0.309 e. The molecule has 0 aromatic rings. The maximum atomic E-state index is 11.6. The zero-order chi connectivity index (χ0) is 13.1. The molecule has 4 nitrogen and oxygen atoms in total. The molecule has 100 valence electrons. The van der Waals surface area contributed by atoms with E-state index in [1.165, 1.54) is 0 Å². The van der Waals surface area contributed by atoms with E-state index in [1.54, 1.807) is 0 Å². The second-order valence-corrected chi connectivity index (χ2v) is 6.45. The van der Waals surface area contributed by atoms with Crippen LogP contribution in [0.5, 0.6) is 0 Å². The Morgan fingerprint density at radius 3 is 2.94 bits per heavy atom. The van der Waals surface area contributed by atoms with Crippen molar-refractivity contribution in [3.63, 3.8) is 0 Å². The molecule has 0 aromatic carbocycles. The van der Waals surface area contributed by atoms with Gasteiger partial charge in [0, 0.05) is 17.3 Å². The lowest BCUT2D eigenvalue weighted by molar-refractivity contribution is -0.146. The van der Waals surface area contributed by atoms with Gasteiger partial charge in [0.1, 0.15) is 12.2 Å². The zero-order valence-corrected chi connectivity index (χ0v) is 10.9. The molecule has 3 fully saturated rings. The third kappa shape index (κ3) is 1.51. The molecule has 1 heterocycles. The second-order valence-electron chi connectivity index (χ2n) is 6.45. The molecule has 2 saturated carbocycles. The maximum absolute atomic E-state index is 11.6. The lowest BCUT2D eigenvalue weighted by Gasteiger charge is -2.32. The van der Waals surface area contributed by atoms with E-state index in [4.69, 9.17) is 9.47 Å². The molecule has 5 atom stereocenters. The van der Waals surface area contributed by atoms with Gasteiger partial charge in [-0.2, -0.15) is 0 Å². The summed E-state index contributed by atoms with van der Waals surface area (Å²) in [5.41, 5.74) is -0.455. The SMILES string of the molecule is C=C(OC1C2OC(=O)C3C[C@@H]1CC32)C(C)(C)CO. The van der Waals surface area contributed by atoms with E-state index in [0.717, 1.165) is 12.8 Å². The summed E-state index contributed by atoms with van der Waals surface area (Å²) in [6.45, 7) is 7.71. The molecular formula is C14H20O4. The van der Waals surface area contributed by atoms with E-state index in [9.17, 15) is 9.90 Å². The van der Waals surface area contributed by atoms with Crippen molar-refractivity contribution in [1.29, 1.82) is 0 Å². The fourth-order valence-corrected chi connectivity index (χ4v) is 3.48. The number of hydrogen-bond acceptors (Lipinski definition) is 4. The van der Waals surface area contributed by atoms with Crippen LogP contribution in [0.25, 0.3) is 0 Å². The van der Waals surface area contributed by atoms with Crippen molar-refractivity contribution < 1.29 is 19.4 Å². The summed E-state index contributed by atoms with van der Waals surface area (Å²) >= 11 is 0. The number of aliphatic hydroxyl groups excluding tert-OH is 1. The van der Waals surface area contributed by atoms with E-state index in [1.807, 2.05) is 13.8 Å². The number of hydrogen-bond donors (Lipinski definition) is 1. The summed E-state index contributed by atoms with van der Waals surface area (Å²) in [5.74, 6) is 1.40. The van der Waals surface area contributed by atoms with Crippen LogP contribution in [0.4, 0.5) is 0 Å². The Bertz CT molecular complexity index is 401. The van der Waals surface area contributed by atoms with Crippen molar-refractivity contribution in [3.05, 3.63) is 12.3 Å². The first-order valence-corrected chi connectivity index (χ1v) is 6.61. The Kier molecular flexibility index (Phi) is 2.49. The molecule has 0 amide bonds. The molecule has 3 aliphatic rings. The van der Waals surface area contributed by atoms with Crippen LogP contribution in [0.2, 0.25) is 0 Å². The number of carbonyl (C=O) groups excluding carboxylic acids is 1. The number of esters is 1. The van der Waals surface area contributed by atoms with E-state index >= 15 is 0 Å². The van der Waals surface area contributed by atoms with E-state index in [-0.39, 0.29) is 30.7 Å². The highest BCUT2D eigenvalue weighted by molar-refractivity contribution is 5.76. The van der Waals surface area contributed by atoms with Crippen LogP contribution in [0, 0.1) is 23.2 Å². The Morgan fingerprint density at radius 2 is 2.28 bits per heavy atom. The van der Waals surface area contributed by atoms with Crippen LogP contribution < -0.4 is 0 Å². The van der Waals surface area contributed by atoms with Crippen molar-refractivity contribution >= 4 is 5.97 Å². The van der Waals surface area contributed by atoms with Gasteiger partial charge in [-0.1, -0.05) is 20.4 Å². The van der Waals surface area contributed by atoms with Gasteiger partial charge in [-0.3, -0.25) is 4.79 Å². The Hall–Kier alpha value is -1.03. The van der Waals surface area contributed by atoms with Gasteiger partial charge in [0.2, 0.25) is 0 Å². The lowest BCUT2D eigenvalue weighted by Crippen LogP contribution is -2.36. The molecular weight excluding hydrogens is 232 g/mol. The second kappa shape index (κ2) is 3.73. The van der Waals surface area contributed by atoms with Gasteiger partial charge in [0.05, 0.1) is 18.3 Å². The largest absolute Gasteiger partial charge is 0.491 e. The number of carbonyl (C=O) groups is 1.